The highest BCUT2D eigenvalue weighted by molar-refractivity contribution is 6.05. The van der Waals surface area contributed by atoms with E-state index in [9.17, 15) is 34.6 Å². The fourth-order valence-electron chi connectivity index (χ4n) is 2.47. The van der Waals surface area contributed by atoms with Crippen LogP contribution >= 0.6 is 0 Å². The molecule has 0 aliphatic heterocycles. The molecule has 2 aromatic rings. The van der Waals surface area contributed by atoms with Crippen LogP contribution in [0.5, 0.6) is 0 Å². The minimum Gasteiger partial charge on any atom is -0.478 e. The Morgan fingerprint density at radius 1 is 0.839 bits per heavy atom. The number of carbonyl (C=O) groups is 3. The summed E-state index contributed by atoms with van der Waals surface area (Å²) in [5.74, 6) is -4.46. The number of esters is 1. The summed E-state index contributed by atoms with van der Waals surface area (Å²) >= 11 is 0. The Labute approximate surface area is 171 Å². The highest BCUT2D eigenvalue weighted by Crippen LogP contribution is 2.25. The van der Waals surface area contributed by atoms with Gasteiger partial charge in [-0.3, -0.25) is 20.2 Å². The second-order valence-corrected chi connectivity index (χ2v) is 5.56. The van der Waals surface area contributed by atoms with Crippen LogP contribution in [0.4, 0.5) is 11.4 Å². The molecule has 0 aliphatic carbocycles. The number of carboxylic acid groups (broad SMARTS) is 2. The molecule has 0 bridgehead atoms. The second kappa shape index (κ2) is 9.86. The smallest absolute Gasteiger partial charge is 0.348 e. The zero-order chi connectivity index (χ0) is 23.1. The lowest BCUT2D eigenvalue weighted by atomic mass is 10.1. The third kappa shape index (κ3) is 5.34. The van der Waals surface area contributed by atoms with Gasteiger partial charge in [0.1, 0.15) is 6.61 Å². The van der Waals surface area contributed by atoms with E-state index in [2.05, 4.69) is 14.5 Å². The summed E-state index contributed by atoms with van der Waals surface area (Å²) < 4.78 is 4.60. The van der Waals surface area contributed by atoms with Crippen molar-refractivity contribution >= 4 is 29.3 Å². The monoisotopic (exact) mass is 436 g/mol. The molecular weight excluding hydrogens is 424 g/mol. The van der Waals surface area contributed by atoms with Gasteiger partial charge in [-0.2, -0.15) is 4.89 Å². The van der Waals surface area contributed by atoms with Crippen molar-refractivity contribution < 1.29 is 49.0 Å². The van der Waals surface area contributed by atoms with Gasteiger partial charge in [0.2, 0.25) is 6.79 Å². The lowest BCUT2D eigenvalue weighted by Crippen LogP contribution is -2.16. The van der Waals surface area contributed by atoms with Crippen molar-refractivity contribution in [1.82, 2.24) is 0 Å². The van der Waals surface area contributed by atoms with E-state index in [1.54, 1.807) is 0 Å². The molecule has 14 nitrogen and oxygen atoms in total. The maximum atomic E-state index is 12.1. The number of carbonyl (C=O) groups excluding carboxylic acids is 1. The van der Waals surface area contributed by atoms with Crippen molar-refractivity contribution in [3.63, 3.8) is 0 Å². The molecule has 2 N–H and O–H groups in total. The van der Waals surface area contributed by atoms with E-state index in [1.807, 2.05) is 0 Å². The average Bonchev–Trinajstić information content (AvgIpc) is 2.72. The Morgan fingerprint density at radius 2 is 1.39 bits per heavy atom. The number of aromatic carboxylic acids is 2. The van der Waals surface area contributed by atoms with Gasteiger partial charge >= 0.3 is 17.9 Å². The molecule has 31 heavy (non-hydrogen) atoms. The SMILES string of the molecule is O=C(O)c1cccc([N+](=O)[O-])c1COOCOC(=O)c1c(C(=O)O)cccc1[N+](=O)[O-]. The van der Waals surface area contributed by atoms with Crippen molar-refractivity contribution in [2.45, 2.75) is 6.61 Å². The molecule has 14 heteroatoms. The third-order valence-corrected chi connectivity index (χ3v) is 3.78. The maximum Gasteiger partial charge on any atom is 0.348 e. The van der Waals surface area contributed by atoms with E-state index in [4.69, 9.17) is 10.2 Å². The summed E-state index contributed by atoms with van der Waals surface area (Å²) in [5.41, 5.74) is -3.59. The first-order chi connectivity index (χ1) is 14.6. The lowest BCUT2D eigenvalue weighted by molar-refractivity contribution is -0.388. The highest BCUT2D eigenvalue weighted by atomic mass is 17.2. The summed E-state index contributed by atoms with van der Waals surface area (Å²) in [6, 6.07) is 6.27. The van der Waals surface area contributed by atoms with Crippen LogP contribution < -0.4 is 0 Å². The number of carboxylic acids is 2. The van der Waals surface area contributed by atoms with Gasteiger partial charge in [0.05, 0.1) is 26.5 Å². The van der Waals surface area contributed by atoms with Crippen molar-refractivity contribution in [3.8, 4) is 0 Å². The van der Waals surface area contributed by atoms with E-state index in [0.717, 1.165) is 30.3 Å². The van der Waals surface area contributed by atoms with E-state index < -0.39 is 69.2 Å². The van der Waals surface area contributed by atoms with Gasteiger partial charge in [-0.05, 0) is 12.1 Å². The topological polar surface area (TPSA) is 206 Å². The first kappa shape index (κ1) is 22.9. The van der Waals surface area contributed by atoms with Gasteiger partial charge in [-0.15, -0.1) is 0 Å². The quantitative estimate of drug-likeness (QED) is 0.137. The zero-order valence-corrected chi connectivity index (χ0v) is 15.2. The van der Waals surface area contributed by atoms with Crippen LogP contribution in [-0.4, -0.2) is 44.8 Å². The van der Waals surface area contributed by atoms with Gasteiger partial charge in [-0.25, -0.2) is 19.3 Å². The molecule has 0 atom stereocenters. The van der Waals surface area contributed by atoms with Crippen molar-refractivity contribution in [2.75, 3.05) is 6.79 Å². The summed E-state index contributed by atoms with van der Waals surface area (Å²) in [7, 11) is 0. The molecule has 0 fully saturated rings. The average molecular weight is 436 g/mol. The van der Waals surface area contributed by atoms with Crippen LogP contribution in [0.15, 0.2) is 36.4 Å². The van der Waals surface area contributed by atoms with Crippen LogP contribution in [0.1, 0.15) is 36.6 Å². The molecule has 0 spiro atoms. The van der Waals surface area contributed by atoms with Gasteiger partial charge < -0.3 is 14.9 Å². The summed E-state index contributed by atoms with van der Waals surface area (Å²) in [6.45, 7) is -1.69. The second-order valence-electron chi connectivity index (χ2n) is 5.56. The molecule has 162 valence electrons. The number of nitro groups is 2. The number of ether oxygens (including phenoxy) is 1. The Bertz CT molecular complexity index is 1000. The Kier molecular flexibility index (Phi) is 7.27. The number of hydrogen-bond acceptors (Lipinski definition) is 10. The van der Waals surface area contributed by atoms with E-state index >= 15 is 0 Å². The maximum absolute atomic E-state index is 12.1. The van der Waals surface area contributed by atoms with Crippen LogP contribution in [0.2, 0.25) is 0 Å². The predicted octanol–water partition coefficient (Wildman–Crippen LogP) is 2.16. The molecule has 0 radical (unpaired) electrons. The largest absolute Gasteiger partial charge is 0.478 e. The molecule has 2 rings (SSSR count). The fraction of sp³-hybridized carbons (Fsp3) is 0.118. The number of rotatable bonds is 10. The van der Waals surface area contributed by atoms with Crippen molar-refractivity contribution in [3.05, 3.63) is 78.9 Å². The molecule has 0 aromatic heterocycles. The van der Waals surface area contributed by atoms with Gasteiger partial charge in [0, 0.05) is 12.1 Å². The summed E-state index contributed by atoms with van der Waals surface area (Å²) in [6.07, 6.45) is 0. The van der Waals surface area contributed by atoms with Crippen LogP contribution in [0, 0.1) is 20.2 Å². The fourth-order valence-corrected chi connectivity index (χ4v) is 2.47. The molecule has 0 unspecified atom stereocenters. The first-order valence-electron chi connectivity index (χ1n) is 8.07. The standard InChI is InChI=1S/C17H12N2O12/c20-15(21)9-3-1-5-12(18(25)26)11(9)7-30-31-8-29-17(24)14-10(16(22)23)4-2-6-13(14)19(27)28/h1-6H,7-8H2,(H,20,21)(H,22,23). The minimum atomic E-state index is -1.61. The Balaban J connectivity index is 2.07. The van der Waals surface area contributed by atoms with Gasteiger partial charge in [-0.1, -0.05) is 12.1 Å². The van der Waals surface area contributed by atoms with E-state index in [0.29, 0.717) is 0 Å². The Hall–Kier alpha value is -4.43. The van der Waals surface area contributed by atoms with E-state index in [1.165, 1.54) is 6.07 Å². The van der Waals surface area contributed by atoms with Gasteiger partial charge in [0.25, 0.3) is 11.4 Å². The normalized spacial score (nSPS) is 10.3. The number of hydrogen-bond donors (Lipinski definition) is 2. The molecule has 0 saturated heterocycles. The first-order valence-corrected chi connectivity index (χ1v) is 8.07. The van der Waals surface area contributed by atoms with Crippen LogP contribution in [0.25, 0.3) is 0 Å². The molecule has 0 amide bonds. The Morgan fingerprint density at radius 3 is 1.94 bits per heavy atom. The lowest BCUT2D eigenvalue weighted by Gasteiger charge is -2.09. The van der Waals surface area contributed by atoms with Crippen molar-refractivity contribution in [2.24, 2.45) is 0 Å². The summed E-state index contributed by atoms with van der Waals surface area (Å²) in [5, 5.41) is 40.3. The predicted molar refractivity (Wildman–Crippen MR) is 96.3 cm³/mol. The van der Waals surface area contributed by atoms with Crippen LogP contribution in [-0.2, 0) is 21.1 Å². The molecule has 2 aromatic carbocycles. The molecular formula is C17H12N2O12. The third-order valence-electron chi connectivity index (χ3n) is 3.78. The number of nitro benzene ring substituents is 2. The molecule has 0 heterocycles. The van der Waals surface area contributed by atoms with Crippen molar-refractivity contribution in [1.29, 1.82) is 0 Å². The van der Waals surface area contributed by atoms with Gasteiger partial charge in [0.15, 0.2) is 5.56 Å². The van der Waals surface area contributed by atoms with Crippen LogP contribution in [0.3, 0.4) is 0 Å². The highest BCUT2D eigenvalue weighted by Gasteiger charge is 2.28. The molecule has 0 saturated carbocycles. The molecule has 0 aliphatic rings. The number of benzene rings is 2. The minimum absolute atomic E-state index is 0.321. The summed E-state index contributed by atoms with van der Waals surface area (Å²) in [4.78, 5) is 64.0. The zero-order valence-electron chi connectivity index (χ0n) is 15.2. The van der Waals surface area contributed by atoms with E-state index in [-0.39, 0.29) is 5.56 Å². The number of nitrogens with zero attached hydrogens (tertiary/aromatic N) is 2.